The van der Waals surface area contributed by atoms with E-state index in [1.54, 1.807) is 19.1 Å². The molecule has 1 aromatic rings. The molecule has 17 heavy (non-hydrogen) atoms. The highest BCUT2D eigenvalue weighted by molar-refractivity contribution is 7.92. The van der Waals surface area contributed by atoms with Crippen LogP contribution in [0.25, 0.3) is 0 Å². The zero-order valence-corrected chi connectivity index (χ0v) is 10.7. The normalized spacial score (nSPS) is 26.5. The highest BCUT2D eigenvalue weighted by Crippen LogP contribution is 2.37. The minimum absolute atomic E-state index is 0.0794. The molecule has 5 heteroatoms. The second kappa shape index (κ2) is 4.38. The van der Waals surface area contributed by atoms with E-state index in [4.69, 9.17) is 0 Å². The molecule has 0 aromatic heterocycles. The Bertz CT molecular complexity index is 527. The summed E-state index contributed by atoms with van der Waals surface area (Å²) in [5.41, 5.74) is 0.560. The molecule has 1 aliphatic rings. The number of hydrogen-bond donors (Lipinski definition) is 1. The molecule has 94 valence electrons. The Labute approximate surface area is 101 Å². The maximum absolute atomic E-state index is 13.7. The van der Waals surface area contributed by atoms with Gasteiger partial charge in [-0.3, -0.25) is 0 Å². The summed E-state index contributed by atoms with van der Waals surface area (Å²) in [5.74, 6) is -0.642. The van der Waals surface area contributed by atoms with E-state index in [1.165, 1.54) is 6.07 Å². The van der Waals surface area contributed by atoms with Crippen LogP contribution in [0.15, 0.2) is 23.1 Å². The predicted octanol–water partition coefficient (Wildman–Crippen LogP) is 2.04. The standard InChI is InChI=1S/C12H16FNO2S/c1-3-14-11-7-8(2)17(15,16)12-9(11)5-4-6-10(12)13/h4-6,8,11,14H,3,7H2,1-2H3. The van der Waals surface area contributed by atoms with Gasteiger partial charge in [-0.2, -0.15) is 0 Å². The maximum atomic E-state index is 13.7. The van der Waals surface area contributed by atoms with Gasteiger partial charge in [0.2, 0.25) is 0 Å². The predicted molar refractivity (Wildman–Crippen MR) is 64.1 cm³/mol. The van der Waals surface area contributed by atoms with Crippen LogP contribution in [-0.2, 0) is 9.84 Å². The SMILES string of the molecule is CCNC1CC(C)S(=O)(=O)c2c(F)cccc21. The smallest absolute Gasteiger partial charge is 0.184 e. The van der Waals surface area contributed by atoms with Gasteiger partial charge in [-0.15, -0.1) is 0 Å². The van der Waals surface area contributed by atoms with Crippen LogP contribution in [0.3, 0.4) is 0 Å². The number of hydrogen-bond acceptors (Lipinski definition) is 3. The lowest BCUT2D eigenvalue weighted by Gasteiger charge is -2.30. The summed E-state index contributed by atoms with van der Waals surface area (Å²) >= 11 is 0. The summed E-state index contributed by atoms with van der Waals surface area (Å²) in [4.78, 5) is -0.121. The van der Waals surface area contributed by atoms with Gasteiger partial charge in [0.25, 0.3) is 0 Å². The third kappa shape index (κ3) is 1.98. The van der Waals surface area contributed by atoms with Gasteiger partial charge in [0.1, 0.15) is 10.7 Å². The first-order valence-electron chi connectivity index (χ1n) is 5.74. The number of sulfone groups is 1. The average Bonchev–Trinajstić information content (AvgIpc) is 2.26. The molecular formula is C12H16FNO2S. The van der Waals surface area contributed by atoms with E-state index in [9.17, 15) is 12.8 Å². The summed E-state index contributed by atoms with van der Waals surface area (Å²) in [6.45, 7) is 4.31. The second-order valence-electron chi connectivity index (χ2n) is 4.36. The molecule has 0 fully saturated rings. The zero-order chi connectivity index (χ0) is 12.6. The first kappa shape index (κ1) is 12.5. The summed E-state index contributed by atoms with van der Waals surface area (Å²) in [5, 5.41) is 2.66. The third-order valence-electron chi connectivity index (χ3n) is 3.21. The summed E-state index contributed by atoms with van der Waals surface area (Å²) in [7, 11) is -3.52. The largest absolute Gasteiger partial charge is 0.310 e. The fourth-order valence-corrected chi connectivity index (χ4v) is 4.05. The fraction of sp³-hybridized carbons (Fsp3) is 0.500. The Morgan fingerprint density at radius 3 is 2.82 bits per heavy atom. The first-order chi connectivity index (χ1) is 7.98. The van der Waals surface area contributed by atoms with E-state index in [2.05, 4.69) is 5.32 Å². The van der Waals surface area contributed by atoms with Crippen molar-refractivity contribution in [3.05, 3.63) is 29.6 Å². The molecule has 0 bridgehead atoms. The van der Waals surface area contributed by atoms with Crippen molar-refractivity contribution >= 4 is 9.84 Å². The van der Waals surface area contributed by atoms with E-state index in [1.807, 2.05) is 6.92 Å². The van der Waals surface area contributed by atoms with Crippen LogP contribution in [0.5, 0.6) is 0 Å². The van der Waals surface area contributed by atoms with Gasteiger partial charge < -0.3 is 5.32 Å². The topological polar surface area (TPSA) is 46.2 Å². The monoisotopic (exact) mass is 257 g/mol. The second-order valence-corrected chi connectivity index (χ2v) is 6.66. The Balaban J connectivity index is 2.63. The average molecular weight is 257 g/mol. The van der Waals surface area contributed by atoms with Crippen molar-refractivity contribution in [1.29, 1.82) is 0 Å². The minimum Gasteiger partial charge on any atom is -0.310 e. The van der Waals surface area contributed by atoms with Gasteiger partial charge in [0.05, 0.1) is 5.25 Å². The molecule has 1 N–H and O–H groups in total. The van der Waals surface area contributed by atoms with Crippen molar-refractivity contribution in [3.63, 3.8) is 0 Å². The summed E-state index contributed by atoms with van der Waals surface area (Å²) in [6.07, 6.45) is 0.493. The van der Waals surface area contributed by atoms with Crippen LogP contribution < -0.4 is 5.32 Å². The number of benzene rings is 1. The van der Waals surface area contributed by atoms with Crippen molar-refractivity contribution in [2.45, 2.75) is 36.5 Å². The van der Waals surface area contributed by atoms with Crippen LogP contribution in [0.2, 0.25) is 0 Å². The van der Waals surface area contributed by atoms with E-state index >= 15 is 0 Å². The molecule has 0 radical (unpaired) electrons. The lowest BCUT2D eigenvalue weighted by molar-refractivity contribution is 0.459. The molecule has 0 amide bonds. The van der Waals surface area contributed by atoms with Crippen molar-refractivity contribution < 1.29 is 12.8 Å². The molecule has 3 nitrogen and oxygen atoms in total. The number of fused-ring (bicyclic) bond motifs is 1. The maximum Gasteiger partial charge on any atom is 0.184 e. The molecule has 2 atom stereocenters. The van der Waals surface area contributed by atoms with Crippen LogP contribution in [-0.4, -0.2) is 20.2 Å². The Hall–Kier alpha value is -0.940. The zero-order valence-electron chi connectivity index (χ0n) is 9.90. The van der Waals surface area contributed by atoms with Gasteiger partial charge in [-0.25, -0.2) is 12.8 Å². The lowest BCUT2D eigenvalue weighted by Crippen LogP contribution is -2.35. The Kier molecular flexibility index (Phi) is 3.23. The first-order valence-corrected chi connectivity index (χ1v) is 7.28. The molecule has 0 aliphatic carbocycles. The van der Waals surface area contributed by atoms with Gasteiger partial charge in [0.15, 0.2) is 9.84 Å². The molecule has 0 saturated carbocycles. The van der Waals surface area contributed by atoms with E-state index in [0.717, 1.165) is 6.54 Å². The Morgan fingerprint density at radius 1 is 1.47 bits per heavy atom. The molecular weight excluding hydrogens is 241 g/mol. The van der Waals surface area contributed by atoms with Crippen molar-refractivity contribution in [1.82, 2.24) is 5.32 Å². The number of rotatable bonds is 2. The quantitative estimate of drug-likeness (QED) is 0.882. The van der Waals surface area contributed by atoms with E-state index in [0.29, 0.717) is 12.0 Å². The highest BCUT2D eigenvalue weighted by Gasteiger charge is 2.37. The highest BCUT2D eigenvalue weighted by atomic mass is 32.2. The minimum atomic E-state index is -3.52. The Morgan fingerprint density at radius 2 is 2.18 bits per heavy atom. The molecule has 1 aromatic carbocycles. The molecule has 0 saturated heterocycles. The molecule has 1 heterocycles. The lowest BCUT2D eigenvalue weighted by atomic mass is 10.0. The van der Waals surface area contributed by atoms with Crippen molar-refractivity contribution in [2.75, 3.05) is 6.54 Å². The number of halogens is 1. The van der Waals surface area contributed by atoms with Crippen LogP contribution >= 0.6 is 0 Å². The molecule has 2 rings (SSSR count). The van der Waals surface area contributed by atoms with Gasteiger partial charge in [0, 0.05) is 6.04 Å². The van der Waals surface area contributed by atoms with Crippen LogP contribution in [0, 0.1) is 5.82 Å². The van der Waals surface area contributed by atoms with E-state index < -0.39 is 20.9 Å². The van der Waals surface area contributed by atoms with E-state index in [-0.39, 0.29) is 10.9 Å². The summed E-state index contributed by atoms with van der Waals surface area (Å²) in [6, 6.07) is 4.38. The van der Waals surface area contributed by atoms with Crippen LogP contribution in [0.4, 0.5) is 4.39 Å². The molecule has 0 spiro atoms. The van der Waals surface area contributed by atoms with Gasteiger partial charge >= 0.3 is 0 Å². The van der Waals surface area contributed by atoms with Crippen molar-refractivity contribution in [3.8, 4) is 0 Å². The fourth-order valence-electron chi connectivity index (χ4n) is 2.33. The third-order valence-corrected chi connectivity index (χ3v) is 5.46. The van der Waals surface area contributed by atoms with Crippen molar-refractivity contribution in [2.24, 2.45) is 0 Å². The van der Waals surface area contributed by atoms with Gasteiger partial charge in [-0.1, -0.05) is 19.1 Å². The summed E-state index contributed by atoms with van der Waals surface area (Å²) < 4.78 is 38.0. The van der Waals surface area contributed by atoms with Crippen LogP contribution in [0.1, 0.15) is 31.9 Å². The molecule has 2 unspecified atom stereocenters. The van der Waals surface area contributed by atoms with Gasteiger partial charge in [-0.05, 0) is 31.5 Å². The number of nitrogens with one attached hydrogen (secondary N) is 1. The molecule has 1 aliphatic heterocycles.